The Labute approximate surface area is 361 Å². The predicted octanol–water partition coefficient (Wildman–Crippen LogP) is 9.29. The number of sulfonamides is 1. The number of nitro benzene ring substituents is 1. The lowest BCUT2D eigenvalue weighted by atomic mass is 9.99. The van der Waals surface area contributed by atoms with Crippen LogP contribution in [0.3, 0.4) is 0 Å². The number of benzene rings is 5. The van der Waals surface area contributed by atoms with E-state index in [2.05, 4.69) is 71.1 Å². The van der Waals surface area contributed by atoms with Gasteiger partial charge in [-0.2, -0.15) is 0 Å². The lowest BCUT2D eigenvalue weighted by Crippen LogP contribution is -2.46. The van der Waals surface area contributed by atoms with Gasteiger partial charge in [0.2, 0.25) is 0 Å². The second-order valence-electron chi connectivity index (χ2n) is 15.2. The molecule has 1 aromatic heterocycles. The maximum atomic E-state index is 13.8. The number of nitrogens with zero attached hydrogens (tertiary/aromatic N) is 6. The smallest absolute Gasteiger partial charge is 0.293 e. The highest BCUT2D eigenvalue weighted by Gasteiger charge is 2.25. The number of hydrogen-bond acceptors (Lipinski definition) is 11. The van der Waals surface area contributed by atoms with Crippen LogP contribution in [0.2, 0.25) is 5.02 Å². The third kappa shape index (κ3) is 11.1. The number of unbranched alkanes of at least 4 members (excludes halogenated alkanes) is 1. The largest absolute Gasteiger partial charge is 0.376 e. The van der Waals surface area contributed by atoms with Gasteiger partial charge in [-0.05, 0) is 105 Å². The van der Waals surface area contributed by atoms with Crippen molar-refractivity contribution < 1.29 is 13.3 Å². The molecule has 1 atom stereocenters. The van der Waals surface area contributed by atoms with E-state index in [1.807, 2.05) is 74.8 Å². The summed E-state index contributed by atoms with van der Waals surface area (Å²) in [6.45, 7) is 5.13. The van der Waals surface area contributed by atoms with Crippen LogP contribution in [0.5, 0.6) is 0 Å². The van der Waals surface area contributed by atoms with Crippen LogP contribution < -0.4 is 14.9 Å². The van der Waals surface area contributed by atoms with Gasteiger partial charge in [0, 0.05) is 71.6 Å². The number of nitro groups is 1. The molecule has 2 heterocycles. The number of hydrogen-bond donors (Lipinski definition) is 2. The second kappa shape index (κ2) is 19.9. The van der Waals surface area contributed by atoms with E-state index < -0.39 is 14.9 Å². The van der Waals surface area contributed by atoms with E-state index in [4.69, 9.17) is 11.6 Å². The van der Waals surface area contributed by atoms with E-state index in [0.717, 1.165) is 80.7 Å². The molecule has 0 unspecified atom stereocenters. The van der Waals surface area contributed by atoms with Crippen LogP contribution in [-0.2, 0) is 16.6 Å². The van der Waals surface area contributed by atoms with Crippen molar-refractivity contribution in [2.75, 3.05) is 67.5 Å². The minimum atomic E-state index is -4.27. The molecule has 0 radical (unpaired) electrons. The number of anilines is 3. The molecule has 0 bridgehead atoms. The van der Waals surface area contributed by atoms with Crippen molar-refractivity contribution in [1.29, 1.82) is 0 Å². The molecular formula is C45H49ClN8O4S2. The fourth-order valence-electron chi connectivity index (χ4n) is 7.39. The summed E-state index contributed by atoms with van der Waals surface area (Å²) in [5, 5.41) is 17.0. The average molecular weight is 866 g/mol. The topological polar surface area (TPSA) is 137 Å². The molecule has 6 aromatic rings. The molecule has 1 fully saturated rings. The summed E-state index contributed by atoms with van der Waals surface area (Å²) in [5.41, 5.74) is 5.11. The number of halogens is 1. The minimum Gasteiger partial charge on any atom is -0.376 e. The van der Waals surface area contributed by atoms with Crippen LogP contribution in [0.15, 0.2) is 131 Å². The highest BCUT2D eigenvalue weighted by Crippen LogP contribution is 2.33. The molecule has 60 heavy (non-hydrogen) atoms. The summed E-state index contributed by atoms with van der Waals surface area (Å²) in [6.07, 6.45) is 4.04. The van der Waals surface area contributed by atoms with Crippen molar-refractivity contribution in [2.24, 2.45) is 0 Å². The van der Waals surface area contributed by atoms with E-state index in [9.17, 15) is 18.5 Å². The summed E-state index contributed by atoms with van der Waals surface area (Å²) < 4.78 is 30.2. The zero-order valence-electron chi connectivity index (χ0n) is 33.7. The molecule has 2 N–H and O–H groups in total. The summed E-state index contributed by atoms with van der Waals surface area (Å²) in [6, 6.07) is 36.0. The van der Waals surface area contributed by atoms with E-state index in [1.54, 1.807) is 11.8 Å². The molecular weight excluding hydrogens is 816 g/mol. The van der Waals surface area contributed by atoms with Gasteiger partial charge in [-0.15, -0.1) is 11.8 Å². The molecule has 15 heteroatoms. The van der Waals surface area contributed by atoms with Gasteiger partial charge in [-0.3, -0.25) is 19.7 Å². The molecule has 312 valence electrons. The van der Waals surface area contributed by atoms with Gasteiger partial charge in [0.25, 0.3) is 15.7 Å². The predicted molar refractivity (Wildman–Crippen MR) is 245 cm³/mol. The molecule has 1 saturated heterocycles. The molecule has 0 saturated carbocycles. The van der Waals surface area contributed by atoms with Gasteiger partial charge in [-0.25, -0.2) is 18.4 Å². The lowest BCUT2D eigenvalue weighted by molar-refractivity contribution is -0.384. The summed E-state index contributed by atoms with van der Waals surface area (Å²) in [7, 11) is -0.195. The molecule has 0 amide bonds. The van der Waals surface area contributed by atoms with E-state index in [0.29, 0.717) is 21.7 Å². The standard InChI is InChI=1S/C45H49ClN8O4S2/c1-51(2)23-9-8-11-36(31-59-38-12-4-3-5-13-38)49-42-22-20-39(29-44(42)54(55)56)60(57,58)50-45-41-21-19-37(28-43(41)47-32-48-45)53-26-24-52(25-27-53)30-34-10-6-7-14-40(34)33-15-17-35(46)18-16-33/h3-7,10,12-22,28-29,32,36,49H,8-9,11,23-27,30-31H2,1-2H3,(H,47,48,50)/t36-/m1/s1. The molecule has 7 rings (SSSR count). The first kappa shape index (κ1) is 42.9. The fraction of sp³-hybridized carbons (Fsp3) is 0.289. The monoisotopic (exact) mass is 864 g/mol. The molecule has 5 aromatic carbocycles. The van der Waals surface area contributed by atoms with E-state index in [-0.39, 0.29) is 28.1 Å². The maximum Gasteiger partial charge on any atom is 0.293 e. The molecule has 0 spiro atoms. The Hall–Kier alpha value is -5.25. The quantitative estimate of drug-likeness (QED) is 0.0370. The van der Waals surface area contributed by atoms with Crippen molar-refractivity contribution in [2.45, 2.75) is 41.6 Å². The van der Waals surface area contributed by atoms with Gasteiger partial charge in [-0.1, -0.05) is 72.6 Å². The average Bonchev–Trinajstić information content (AvgIpc) is 3.25. The van der Waals surface area contributed by atoms with Crippen molar-refractivity contribution in [1.82, 2.24) is 19.8 Å². The van der Waals surface area contributed by atoms with Gasteiger partial charge < -0.3 is 15.1 Å². The van der Waals surface area contributed by atoms with E-state index in [1.165, 1.54) is 29.6 Å². The van der Waals surface area contributed by atoms with Crippen molar-refractivity contribution in [3.05, 3.63) is 142 Å². The minimum absolute atomic E-state index is 0.0824. The van der Waals surface area contributed by atoms with Crippen LogP contribution in [0.25, 0.3) is 22.0 Å². The molecule has 12 nitrogen and oxygen atoms in total. The first-order valence-electron chi connectivity index (χ1n) is 20.0. The number of fused-ring (bicyclic) bond motifs is 1. The Morgan fingerprint density at radius 3 is 2.38 bits per heavy atom. The fourth-order valence-corrected chi connectivity index (χ4v) is 9.55. The van der Waals surface area contributed by atoms with Gasteiger partial charge in [0.05, 0.1) is 15.3 Å². The number of thioether (sulfide) groups is 1. The van der Waals surface area contributed by atoms with Crippen LogP contribution in [-0.4, -0.2) is 91.7 Å². The second-order valence-corrected chi connectivity index (χ2v) is 18.4. The Bertz CT molecular complexity index is 2500. The van der Waals surface area contributed by atoms with Crippen LogP contribution in [0, 0.1) is 10.1 Å². The Morgan fingerprint density at radius 2 is 1.63 bits per heavy atom. The first-order chi connectivity index (χ1) is 29.0. The van der Waals surface area contributed by atoms with E-state index >= 15 is 0 Å². The zero-order valence-corrected chi connectivity index (χ0v) is 36.1. The number of rotatable bonds is 18. The van der Waals surface area contributed by atoms with Crippen molar-refractivity contribution >= 4 is 67.2 Å². The third-order valence-electron chi connectivity index (χ3n) is 10.6. The zero-order chi connectivity index (χ0) is 42.1. The summed E-state index contributed by atoms with van der Waals surface area (Å²) in [5.74, 6) is 0.779. The number of nitrogens with one attached hydrogen (secondary N) is 2. The Balaban J connectivity index is 1.02. The first-order valence-corrected chi connectivity index (χ1v) is 22.8. The van der Waals surface area contributed by atoms with Crippen molar-refractivity contribution in [3.8, 4) is 11.1 Å². The SMILES string of the molecule is CN(C)CCCC[C@H](CSc1ccccc1)Nc1ccc(S(=O)(=O)Nc2ncnc3cc(N4CCN(Cc5ccccc5-c5ccc(Cl)cc5)CC4)ccc23)cc1[N+](=O)[O-]. The molecule has 1 aliphatic heterocycles. The maximum absolute atomic E-state index is 13.8. The van der Waals surface area contributed by atoms with Crippen molar-refractivity contribution in [3.63, 3.8) is 0 Å². The van der Waals surface area contributed by atoms with Gasteiger partial charge >= 0.3 is 0 Å². The number of piperazine rings is 1. The van der Waals surface area contributed by atoms with Crippen LogP contribution in [0.1, 0.15) is 24.8 Å². The normalized spacial score (nSPS) is 14.0. The summed E-state index contributed by atoms with van der Waals surface area (Å²) >= 11 is 7.82. The van der Waals surface area contributed by atoms with Crippen LogP contribution in [0.4, 0.5) is 22.9 Å². The lowest BCUT2D eigenvalue weighted by Gasteiger charge is -2.36. The third-order valence-corrected chi connectivity index (χ3v) is 13.4. The Morgan fingerprint density at radius 1 is 0.883 bits per heavy atom. The van der Waals surface area contributed by atoms with Crippen LogP contribution >= 0.6 is 23.4 Å². The number of aromatic nitrogens is 2. The highest BCUT2D eigenvalue weighted by molar-refractivity contribution is 7.99. The van der Waals surface area contributed by atoms with Gasteiger partial charge in [0.1, 0.15) is 12.0 Å². The molecule has 0 aliphatic carbocycles. The molecule has 1 aliphatic rings. The Kier molecular flexibility index (Phi) is 14.2. The summed E-state index contributed by atoms with van der Waals surface area (Å²) in [4.78, 5) is 28.3. The highest BCUT2D eigenvalue weighted by atomic mass is 35.5. The van der Waals surface area contributed by atoms with Gasteiger partial charge in [0.15, 0.2) is 5.82 Å².